The lowest BCUT2D eigenvalue weighted by atomic mass is 10.1. The van der Waals surface area contributed by atoms with E-state index in [2.05, 4.69) is 20.5 Å². The zero-order valence-electron chi connectivity index (χ0n) is 11.3. The van der Waals surface area contributed by atoms with Gasteiger partial charge in [0.2, 0.25) is 0 Å². The molecule has 1 aromatic carbocycles. The Morgan fingerprint density at radius 2 is 1.95 bits per heavy atom. The molecule has 0 spiro atoms. The van der Waals surface area contributed by atoms with Gasteiger partial charge in [0, 0.05) is 36.3 Å². The first-order valence-electron chi connectivity index (χ1n) is 6.59. The minimum Gasteiger partial charge on any atom is -0.348 e. The van der Waals surface area contributed by atoms with Crippen molar-refractivity contribution in [2.24, 2.45) is 0 Å². The Labute approximate surface area is 122 Å². The minimum absolute atomic E-state index is 0.0994. The predicted octanol–water partition coefficient (Wildman–Crippen LogP) is 2.40. The number of aromatic nitrogens is 3. The molecular formula is C16H14N4O. The van der Waals surface area contributed by atoms with E-state index in [9.17, 15) is 4.79 Å². The monoisotopic (exact) mass is 278 g/mol. The molecule has 21 heavy (non-hydrogen) atoms. The Bertz CT molecular complexity index is 706. The van der Waals surface area contributed by atoms with Gasteiger partial charge >= 0.3 is 0 Å². The lowest BCUT2D eigenvalue weighted by Gasteiger charge is -2.05. The van der Waals surface area contributed by atoms with Crippen molar-refractivity contribution < 1.29 is 4.79 Å². The van der Waals surface area contributed by atoms with E-state index in [0.717, 1.165) is 16.7 Å². The van der Waals surface area contributed by atoms with Crippen LogP contribution in [0.4, 0.5) is 0 Å². The standard InChI is InChI=1S/C16H14N4O/c21-16(18-9-12-2-1-7-17-8-12)14-5-3-13(4-6-14)15-10-19-20-11-15/h1-8,10-11H,9H2,(H,18,21)(H,19,20). The summed E-state index contributed by atoms with van der Waals surface area (Å²) in [5.41, 5.74) is 3.62. The van der Waals surface area contributed by atoms with Crippen LogP contribution in [0.5, 0.6) is 0 Å². The molecule has 2 aromatic heterocycles. The highest BCUT2D eigenvalue weighted by atomic mass is 16.1. The summed E-state index contributed by atoms with van der Waals surface area (Å²) < 4.78 is 0. The van der Waals surface area contributed by atoms with E-state index in [0.29, 0.717) is 12.1 Å². The molecule has 0 saturated heterocycles. The zero-order chi connectivity index (χ0) is 14.5. The topological polar surface area (TPSA) is 70.7 Å². The third-order valence-electron chi connectivity index (χ3n) is 3.15. The van der Waals surface area contributed by atoms with Crippen LogP contribution in [0, 0.1) is 0 Å². The van der Waals surface area contributed by atoms with E-state index >= 15 is 0 Å². The Morgan fingerprint density at radius 1 is 1.10 bits per heavy atom. The maximum absolute atomic E-state index is 12.1. The lowest BCUT2D eigenvalue weighted by Crippen LogP contribution is -2.22. The predicted molar refractivity (Wildman–Crippen MR) is 79.4 cm³/mol. The number of hydrogen-bond acceptors (Lipinski definition) is 3. The highest BCUT2D eigenvalue weighted by Gasteiger charge is 2.06. The van der Waals surface area contributed by atoms with E-state index in [1.807, 2.05) is 30.5 Å². The number of carbonyl (C=O) groups is 1. The molecule has 0 aliphatic carbocycles. The smallest absolute Gasteiger partial charge is 0.251 e. The van der Waals surface area contributed by atoms with Gasteiger partial charge in [0.1, 0.15) is 0 Å². The summed E-state index contributed by atoms with van der Waals surface area (Å²) in [6.07, 6.45) is 7.01. The number of rotatable bonds is 4. The van der Waals surface area contributed by atoms with Gasteiger partial charge in [0.05, 0.1) is 6.20 Å². The summed E-state index contributed by atoms with van der Waals surface area (Å²) in [4.78, 5) is 16.1. The van der Waals surface area contributed by atoms with Gasteiger partial charge in [-0.05, 0) is 29.3 Å². The van der Waals surface area contributed by atoms with Gasteiger partial charge < -0.3 is 5.32 Å². The van der Waals surface area contributed by atoms with E-state index in [1.165, 1.54) is 0 Å². The van der Waals surface area contributed by atoms with Gasteiger partial charge in [-0.2, -0.15) is 5.10 Å². The molecule has 0 saturated carbocycles. The highest BCUT2D eigenvalue weighted by Crippen LogP contribution is 2.17. The average Bonchev–Trinajstić information content (AvgIpc) is 3.08. The molecule has 0 unspecified atom stereocenters. The summed E-state index contributed by atoms with van der Waals surface area (Å²) in [6, 6.07) is 11.2. The largest absolute Gasteiger partial charge is 0.348 e. The molecule has 1 amide bonds. The second-order valence-electron chi connectivity index (χ2n) is 4.61. The van der Waals surface area contributed by atoms with Crippen LogP contribution in [0.3, 0.4) is 0 Å². The number of amides is 1. The molecule has 3 rings (SSSR count). The zero-order valence-corrected chi connectivity index (χ0v) is 11.3. The number of hydrogen-bond donors (Lipinski definition) is 2. The lowest BCUT2D eigenvalue weighted by molar-refractivity contribution is 0.0951. The second kappa shape index (κ2) is 6.00. The number of aromatic amines is 1. The normalized spacial score (nSPS) is 10.3. The van der Waals surface area contributed by atoms with Crippen molar-refractivity contribution in [2.45, 2.75) is 6.54 Å². The van der Waals surface area contributed by atoms with Crippen molar-refractivity contribution in [2.75, 3.05) is 0 Å². The summed E-state index contributed by atoms with van der Waals surface area (Å²) in [5.74, 6) is -0.0994. The van der Waals surface area contributed by atoms with Crippen LogP contribution in [0.2, 0.25) is 0 Å². The molecule has 0 fully saturated rings. The summed E-state index contributed by atoms with van der Waals surface area (Å²) >= 11 is 0. The molecule has 0 aliphatic rings. The first-order valence-corrected chi connectivity index (χ1v) is 6.59. The van der Waals surface area contributed by atoms with Gasteiger partial charge in [-0.3, -0.25) is 14.9 Å². The third-order valence-corrected chi connectivity index (χ3v) is 3.15. The maximum Gasteiger partial charge on any atom is 0.251 e. The van der Waals surface area contributed by atoms with Gasteiger partial charge in [0.25, 0.3) is 5.91 Å². The number of carbonyl (C=O) groups excluding carboxylic acids is 1. The minimum atomic E-state index is -0.0994. The summed E-state index contributed by atoms with van der Waals surface area (Å²) in [6.45, 7) is 0.468. The Morgan fingerprint density at radius 3 is 2.62 bits per heavy atom. The van der Waals surface area contributed by atoms with E-state index < -0.39 is 0 Å². The van der Waals surface area contributed by atoms with E-state index in [-0.39, 0.29) is 5.91 Å². The van der Waals surface area contributed by atoms with Crippen LogP contribution in [-0.4, -0.2) is 21.1 Å². The highest BCUT2D eigenvalue weighted by molar-refractivity contribution is 5.94. The maximum atomic E-state index is 12.1. The Hall–Kier alpha value is -2.95. The molecule has 104 valence electrons. The SMILES string of the molecule is O=C(NCc1cccnc1)c1ccc(-c2cn[nH]c2)cc1. The Kier molecular flexibility index (Phi) is 3.73. The fourth-order valence-corrected chi connectivity index (χ4v) is 2.01. The number of nitrogens with zero attached hydrogens (tertiary/aromatic N) is 2. The molecule has 2 heterocycles. The van der Waals surface area contributed by atoms with Crippen molar-refractivity contribution in [3.8, 4) is 11.1 Å². The van der Waals surface area contributed by atoms with Crippen LogP contribution >= 0.6 is 0 Å². The van der Waals surface area contributed by atoms with Crippen LogP contribution in [0.15, 0.2) is 61.2 Å². The van der Waals surface area contributed by atoms with Crippen molar-refractivity contribution in [3.05, 3.63) is 72.3 Å². The van der Waals surface area contributed by atoms with Gasteiger partial charge in [-0.25, -0.2) is 0 Å². The number of H-pyrrole nitrogens is 1. The van der Waals surface area contributed by atoms with Crippen LogP contribution in [0.25, 0.3) is 11.1 Å². The molecule has 0 bridgehead atoms. The van der Waals surface area contributed by atoms with Crippen LogP contribution < -0.4 is 5.32 Å². The molecule has 5 nitrogen and oxygen atoms in total. The molecule has 3 aromatic rings. The summed E-state index contributed by atoms with van der Waals surface area (Å²) in [7, 11) is 0. The average molecular weight is 278 g/mol. The molecule has 0 radical (unpaired) electrons. The second-order valence-corrected chi connectivity index (χ2v) is 4.61. The van der Waals surface area contributed by atoms with Gasteiger partial charge in [-0.15, -0.1) is 0 Å². The third kappa shape index (κ3) is 3.14. The molecular weight excluding hydrogens is 264 g/mol. The fraction of sp³-hybridized carbons (Fsp3) is 0.0625. The first-order chi connectivity index (χ1) is 10.3. The number of pyridine rings is 1. The van der Waals surface area contributed by atoms with Crippen molar-refractivity contribution in [1.29, 1.82) is 0 Å². The number of benzene rings is 1. The van der Waals surface area contributed by atoms with Crippen molar-refractivity contribution >= 4 is 5.91 Å². The summed E-state index contributed by atoms with van der Waals surface area (Å²) in [5, 5.41) is 9.55. The Balaban J connectivity index is 1.65. The van der Waals surface area contributed by atoms with Crippen molar-refractivity contribution in [3.63, 3.8) is 0 Å². The molecule has 0 aliphatic heterocycles. The molecule has 2 N–H and O–H groups in total. The molecule has 5 heteroatoms. The van der Waals surface area contributed by atoms with Gasteiger partial charge in [0.15, 0.2) is 0 Å². The quantitative estimate of drug-likeness (QED) is 0.770. The molecule has 0 atom stereocenters. The van der Waals surface area contributed by atoms with Crippen LogP contribution in [-0.2, 0) is 6.54 Å². The van der Waals surface area contributed by atoms with E-state index in [4.69, 9.17) is 0 Å². The van der Waals surface area contributed by atoms with E-state index in [1.54, 1.807) is 30.7 Å². The van der Waals surface area contributed by atoms with Crippen molar-refractivity contribution in [1.82, 2.24) is 20.5 Å². The number of nitrogens with one attached hydrogen (secondary N) is 2. The fourth-order valence-electron chi connectivity index (χ4n) is 2.01. The van der Waals surface area contributed by atoms with Gasteiger partial charge in [-0.1, -0.05) is 18.2 Å². The first kappa shape index (κ1) is 13.1. The van der Waals surface area contributed by atoms with Crippen LogP contribution in [0.1, 0.15) is 15.9 Å².